The second-order valence-electron chi connectivity index (χ2n) is 14.7. The molecule has 2 unspecified atom stereocenters. The van der Waals surface area contributed by atoms with Crippen LogP contribution in [0, 0.1) is 5.92 Å². The van der Waals surface area contributed by atoms with Crippen molar-refractivity contribution in [3.05, 3.63) is 198 Å². The number of allylic oxidation sites excluding steroid dienone is 6. The van der Waals surface area contributed by atoms with Crippen molar-refractivity contribution in [2.75, 3.05) is 0 Å². The van der Waals surface area contributed by atoms with E-state index >= 15 is 0 Å². The van der Waals surface area contributed by atoms with E-state index in [1.165, 1.54) is 36.9 Å². The van der Waals surface area contributed by atoms with Gasteiger partial charge in [-0.05, 0) is 57.3 Å². The van der Waals surface area contributed by atoms with Crippen LogP contribution in [0.25, 0.3) is 89.1 Å². The van der Waals surface area contributed by atoms with Gasteiger partial charge in [-0.3, -0.25) is 0 Å². The lowest BCUT2D eigenvalue weighted by Crippen LogP contribution is -2.15. The molecule has 5 heteroatoms. The Morgan fingerprint density at radius 2 is 1.49 bits per heavy atom. The van der Waals surface area contributed by atoms with E-state index in [2.05, 4.69) is 164 Å². The molecule has 0 spiro atoms. The third kappa shape index (κ3) is 5.78. The minimum Gasteiger partial charge on any atom is -0.455 e. The fraction of sp³-hybridized carbons (Fsp3) is 0.0577. The molecular weight excluding hydrogens is 715 g/mol. The molecular formula is C52H35N3OS. The fourth-order valence-electron chi connectivity index (χ4n) is 8.57. The monoisotopic (exact) mass is 749 g/mol. The van der Waals surface area contributed by atoms with Crippen molar-refractivity contribution >= 4 is 77.9 Å². The predicted octanol–water partition coefficient (Wildman–Crippen LogP) is 13.8. The number of hydrogen-bond acceptors (Lipinski definition) is 5. The molecule has 57 heavy (non-hydrogen) atoms. The molecule has 3 aromatic heterocycles. The van der Waals surface area contributed by atoms with Crippen LogP contribution in [0.4, 0.5) is 0 Å². The lowest BCUT2D eigenvalue weighted by molar-refractivity contribution is 0.670. The molecule has 0 fully saturated rings. The first-order chi connectivity index (χ1) is 28.2. The van der Waals surface area contributed by atoms with E-state index < -0.39 is 0 Å². The van der Waals surface area contributed by atoms with Gasteiger partial charge in [-0.15, -0.1) is 11.3 Å². The van der Waals surface area contributed by atoms with Crippen LogP contribution >= 0.6 is 11.3 Å². The predicted molar refractivity (Wildman–Crippen MR) is 239 cm³/mol. The Morgan fingerprint density at radius 3 is 2.44 bits per heavy atom. The average molecular weight is 750 g/mol. The van der Waals surface area contributed by atoms with Gasteiger partial charge in [-0.25, -0.2) is 15.0 Å². The molecule has 6 aromatic carbocycles. The van der Waals surface area contributed by atoms with Crippen LogP contribution in [0.1, 0.15) is 39.1 Å². The number of nitrogens with zero attached hydrogens (tertiary/aromatic N) is 3. The normalized spacial score (nSPS) is 16.1. The number of rotatable bonds is 7. The minimum atomic E-state index is 0.204. The highest BCUT2D eigenvalue weighted by Gasteiger charge is 2.27. The molecule has 0 radical (unpaired) electrons. The molecule has 2 aliphatic carbocycles. The van der Waals surface area contributed by atoms with Crippen LogP contribution < -0.4 is 0 Å². The Morgan fingerprint density at radius 1 is 0.702 bits per heavy atom. The summed E-state index contributed by atoms with van der Waals surface area (Å²) in [5, 5.41) is 5.65. The average Bonchev–Trinajstić information content (AvgIpc) is 3.84. The summed E-state index contributed by atoms with van der Waals surface area (Å²) in [6.07, 6.45) is 18.2. The smallest absolute Gasteiger partial charge is 0.164 e. The third-order valence-electron chi connectivity index (χ3n) is 11.3. The highest BCUT2D eigenvalue weighted by Crippen LogP contribution is 2.43. The van der Waals surface area contributed by atoms with Gasteiger partial charge in [0.1, 0.15) is 17.0 Å². The highest BCUT2D eigenvalue weighted by molar-refractivity contribution is 7.20. The first-order valence-electron chi connectivity index (χ1n) is 19.4. The molecule has 11 rings (SSSR count). The van der Waals surface area contributed by atoms with Crippen LogP contribution in [0.5, 0.6) is 0 Å². The second kappa shape index (κ2) is 13.7. The molecule has 0 saturated carbocycles. The summed E-state index contributed by atoms with van der Waals surface area (Å²) in [4.78, 5) is 16.8. The van der Waals surface area contributed by atoms with E-state index in [9.17, 15) is 0 Å². The number of para-hydroxylation sites is 1. The Kier molecular flexibility index (Phi) is 8.00. The minimum absolute atomic E-state index is 0.204. The fourth-order valence-corrected chi connectivity index (χ4v) is 9.71. The molecule has 4 nitrogen and oxygen atoms in total. The lowest BCUT2D eigenvalue weighted by Gasteiger charge is -2.28. The summed E-state index contributed by atoms with van der Waals surface area (Å²) in [6, 6.07) is 44.8. The van der Waals surface area contributed by atoms with Gasteiger partial charge >= 0.3 is 0 Å². The summed E-state index contributed by atoms with van der Waals surface area (Å²) >= 11 is 1.77. The van der Waals surface area contributed by atoms with Crippen LogP contribution in [0.3, 0.4) is 0 Å². The number of benzene rings is 6. The molecule has 2 aliphatic rings. The molecule has 9 aromatic rings. The second-order valence-corrected chi connectivity index (χ2v) is 15.8. The van der Waals surface area contributed by atoms with Crippen LogP contribution in [0.2, 0.25) is 0 Å². The van der Waals surface area contributed by atoms with Crippen molar-refractivity contribution < 1.29 is 4.42 Å². The number of furan rings is 1. The highest BCUT2D eigenvalue weighted by atomic mass is 32.1. The van der Waals surface area contributed by atoms with Crippen molar-refractivity contribution in [3.8, 4) is 22.5 Å². The van der Waals surface area contributed by atoms with E-state index in [0.29, 0.717) is 23.9 Å². The van der Waals surface area contributed by atoms with E-state index in [0.717, 1.165) is 49.8 Å². The van der Waals surface area contributed by atoms with Crippen molar-refractivity contribution in [2.24, 2.45) is 5.92 Å². The molecule has 3 heterocycles. The van der Waals surface area contributed by atoms with E-state index in [4.69, 9.17) is 19.4 Å². The standard InChI is InChI=1S/C52H35N3OS/c1-2-38-41-16-7-8-21-47(41)57-46(38)22-11-23-48-53-51(37-29-27-34-26-25-33-13-5-6-15-39(33)44(34)31-37)55-52(54-48)43-19-10-20-45-49(43)42-18-9-17-40(50(42)56-45)36-28-24-32-12-3-4-14-35(32)30-36/h2-22,24-31,34,44H,1,23H2/b22-11-. The Labute approximate surface area is 334 Å². The van der Waals surface area contributed by atoms with E-state index in [1.54, 1.807) is 11.3 Å². The first-order valence-corrected chi connectivity index (χ1v) is 20.2. The third-order valence-corrected chi connectivity index (χ3v) is 12.5. The molecule has 0 bridgehead atoms. The zero-order chi connectivity index (χ0) is 37.9. The number of thiophene rings is 1. The Hall–Kier alpha value is -6.95. The van der Waals surface area contributed by atoms with Gasteiger partial charge in [0.05, 0.1) is 0 Å². The van der Waals surface area contributed by atoms with Gasteiger partial charge in [0.25, 0.3) is 0 Å². The summed E-state index contributed by atoms with van der Waals surface area (Å²) < 4.78 is 7.97. The maximum atomic E-state index is 6.72. The maximum Gasteiger partial charge on any atom is 0.164 e. The molecule has 270 valence electrons. The molecule has 2 atom stereocenters. The summed E-state index contributed by atoms with van der Waals surface area (Å²) in [6.45, 7) is 4.12. The molecule has 0 saturated heterocycles. The zero-order valence-corrected chi connectivity index (χ0v) is 31.8. The Bertz CT molecular complexity index is 3210. The maximum absolute atomic E-state index is 6.72. The van der Waals surface area contributed by atoms with Crippen LogP contribution in [0.15, 0.2) is 169 Å². The first kappa shape index (κ1) is 33.4. The van der Waals surface area contributed by atoms with Crippen molar-refractivity contribution in [3.63, 3.8) is 0 Å². The van der Waals surface area contributed by atoms with E-state index in [-0.39, 0.29) is 11.8 Å². The van der Waals surface area contributed by atoms with Gasteiger partial charge in [0, 0.05) is 60.7 Å². The van der Waals surface area contributed by atoms with Gasteiger partial charge < -0.3 is 4.42 Å². The molecule has 0 aliphatic heterocycles. The summed E-state index contributed by atoms with van der Waals surface area (Å²) in [5.74, 6) is 2.49. The van der Waals surface area contributed by atoms with Gasteiger partial charge in [-0.2, -0.15) is 0 Å². The largest absolute Gasteiger partial charge is 0.455 e. The van der Waals surface area contributed by atoms with Gasteiger partial charge in [0.15, 0.2) is 11.6 Å². The zero-order valence-electron chi connectivity index (χ0n) is 31.0. The van der Waals surface area contributed by atoms with Crippen molar-refractivity contribution in [1.29, 1.82) is 0 Å². The molecule has 0 amide bonds. The lowest BCUT2D eigenvalue weighted by atomic mass is 9.76. The number of fused-ring (bicyclic) bond motifs is 8. The summed E-state index contributed by atoms with van der Waals surface area (Å²) in [7, 11) is 0. The van der Waals surface area contributed by atoms with Crippen molar-refractivity contribution in [1.82, 2.24) is 15.0 Å². The van der Waals surface area contributed by atoms with Gasteiger partial charge in [0.2, 0.25) is 0 Å². The summed E-state index contributed by atoms with van der Waals surface area (Å²) in [5.41, 5.74) is 9.46. The quantitative estimate of drug-likeness (QED) is 0.163. The number of hydrogen-bond donors (Lipinski definition) is 0. The molecule has 0 N–H and O–H groups in total. The van der Waals surface area contributed by atoms with Crippen LogP contribution in [-0.4, -0.2) is 15.0 Å². The van der Waals surface area contributed by atoms with Gasteiger partial charge in [-0.1, -0.05) is 158 Å². The SMILES string of the molecule is C=Cc1c(/C=C\Cc2nc(C3=CC4c5ccccc5C=CC4C=C3)nc(-c3cccc4oc5c(-c6ccc7ccccc7c6)cccc5c34)n2)sc2ccccc12. The van der Waals surface area contributed by atoms with Crippen LogP contribution in [-0.2, 0) is 6.42 Å². The topological polar surface area (TPSA) is 51.8 Å². The van der Waals surface area contributed by atoms with Crippen molar-refractivity contribution in [2.45, 2.75) is 12.3 Å². The number of aromatic nitrogens is 3. The van der Waals surface area contributed by atoms with E-state index in [1.807, 2.05) is 18.2 Å². The Balaban J connectivity index is 1.05.